The molecular weight excluding hydrogens is 416 g/mol. The Balaban J connectivity index is 1.33. The van der Waals surface area contributed by atoms with Gasteiger partial charge in [0.05, 0.1) is 11.2 Å². The van der Waals surface area contributed by atoms with E-state index < -0.39 is 0 Å². The van der Waals surface area contributed by atoms with Gasteiger partial charge >= 0.3 is 0 Å². The van der Waals surface area contributed by atoms with E-state index in [0.717, 1.165) is 43.2 Å². The van der Waals surface area contributed by atoms with Gasteiger partial charge in [0.25, 0.3) is 5.91 Å². The Kier molecular flexibility index (Phi) is 7.39. The van der Waals surface area contributed by atoms with E-state index in [4.69, 9.17) is 9.47 Å². The van der Waals surface area contributed by atoms with Crippen molar-refractivity contribution in [2.45, 2.75) is 30.5 Å². The number of nitrogens with one attached hydrogen (secondary N) is 1. The van der Waals surface area contributed by atoms with Crippen LogP contribution in [0.3, 0.4) is 0 Å². The molecule has 5 nitrogen and oxygen atoms in total. The van der Waals surface area contributed by atoms with Crippen molar-refractivity contribution in [3.63, 3.8) is 0 Å². The van der Waals surface area contributed by atoms with E-state index in [1.54, 1.807) is 17.6 Å². The monoisotopic (exact) mass is 440 g/mol. The smallest absolute Gasteiger partial charge is 0.255 e. The maximum Gasteiger partial charge on any atom is 0.255 e. The number of hydrogen-bond acceptors (Lipinski definition) is 6. The number of amides is 1. The van der Waals surface area contributed by atoms with Gasteiger partial charge in [-0.25, -0.2) is 4.98 Å². The molecule has 0 spiro atoms. The molecule has 3 aromatic rings. The highest BCUT2D eigenvalue weighted by Gasteiger charge is 2.14. The summed E-state index contributed by atoms with van der Waals surface area (Å²) in [5, 5.41) is 5.60. The Labute approximate surface area is 184 Å². The Morgan fingerprint density at radius 3 is 2.90 bits per heavy atom. The molecule has 0 radical (unpaired) electrons. The minimum atomic E-state index is -0.150. The highest BCUT2D eigenvalue weighted by atomic mass is 32.2. The Bertz CT molecular complexity index is 957. The van der Waals surface area contributed by atoms with E-state index >= 15 is 0 Å². The van der Waals surface area contributed by atoms with Crippen molar-refractivity contribution in [2.24, 2.45) is 0 Å². The summed E-state index contributed by atoms with van der Waals surface area (Å²) in [5.41, 5.74) is 5.24. The molecule has 2 aromatic carbocycles. The van der Waals surface area contributed by atoms with E-state index in [2.05, 4.69) is 16.4 Å². The third kappa shape index (κ3) is 6.08. The van der Waals surface area contributed by atoms with Gasteiger partial charge < -0.3 is 14.8 Å². The summed E-state index contributed by atoms with van der Waals surface area (Å²) in [6, 6.07) is 15.3. The standard InChI is InChI=1S/C23H24N2O3S2/c26-23(18-4-2-6-21(12-18)28-13-20-15-29-16-24-20)25-19-5-1-3-17(11-19)14-30-22-7-9-27-10-8-22/h1-6,11-12,15-16,22H,7-10,13-14H2,(H,25,26). The molecule has 1 amide bonds. The van der Waals surface area contributed by atoms with Crippen molar-refractivity contribution < 1.29 is 14.3 Å². The fourth-order valence-electron chi connectivity index (χ4n) is 3.19. The molecule has 1 N–H and O–H groups in total. The zero-order chi connectivity index (χ0) is 20.6. The van der Waals surface area contributed by atoms with Gasteiger partial charge in [-0.3, -0.25) is 4.79 Å². The first-order valence-electron chi connectivity index (χ1n) is 9.96. The fraction of sp³-hybridized carbons (Fsp3) is 0.304. The zero-order valence-corrected chi connectivity index (χ0v) is 18.2. The molecule has 1 saturated heterocycles. The lowest BCUT2D eigenvalue weighted by Crippen LogP contribution is -2.17. The Morgan fingerprint density at radius 1 is 1.20 bits per heavy atom. The van der Waals surface area contributed by atoms with Gasteiger partial charge in [-0.05, 0) is 48.7 Å². The minimum absolute atomic E-state index is 0.150. The molecule has 7 heteroatoms. The number of thiazole rings is 1. The van der Waals surface area contributed by atoms with E-state index in [1.165, 1.54) is 16.9 Å². The fourth-order valence-corrected chi connectivity index (χ4v) is 4.87. The maximum absolute atomic E-state index is 12.7. The maximum atomic E-state index is 12.7. The SMILES string of the molecule is O=C(Nc1cccc(CSC2CCOCC2)c1)c1cccc(OCc2cscn2)c1. The van der Waals surface area contributed by atoms with Crippen molar-refractivity contribution in [3.05, 3.63) is 76.2 Å². The van der Waals surface area contributed by atoms with Gasteiger partial charge in [-0.2, -0.15) is 11.8 Å². The van der Waals surface area contributed by atoms with Crippen LogP contribution in [0.2, 0.25) is 0 Å². The zero-order valence-electron chi connectivity index (χ0n) is 16.6. The predicted molar refractivity (Wildman–Crippen MR) is 122 cm³/mol. The third-order valence-electron chi connectivity index (χ3n) is 4.81. The summed E-state index contributed by atoms with van der Waals surface area (Å²) in [6.45, 7) is 2.11. The van der Waals surface area contributed by atoms with Gasteiger partial charge in [0.15, 0.2) is 0 Å². The highest BCUT2D eigenvalue weighted by Crippen LogP contribution is 2.26. The molecular formula is C23H24N2O3S2. The average Bonchev–Trinajstić information content (AvgIpc) is 3.31. The Hall–Kier alpha value is -2.35. The van der Waals surface area contributed by atoms with Crippen LogP contribution < -0.4 is 10.1 Å². The lowest BCUT2D eigenvalue weighted by atomic mass is 10.2. The second-order valence-corrected chi connectivity index (χ2v) is 9.08. The number of benzene rings is 2. The molecule has 1 aliphatic heterocycles. The molecule has 0 unspecified atom stereocenters. The van der Waals surface area contributed by atoms with Crippen LogP contribution in [0.15, 0.2) is 59.4 Å². The van der Waals surface area contributed by atoms with Gasteiger partial charge in [0, 0.05) is 40.8 Å². The molecule has 1 aliphatic rings. The molecule has 30 heavy (non-hydrogen) atoms. The van der Waals surface area contributed by atoms with Gasteiger partial charge in [0.1, 0.15) is 12.4 Å². The van der Waals surface area contributed by atoms with Crippen LogP contribution >= 0.6 is 23.1 Å². The van der Waals surface area contributed by atoms with E-state index in [1.807, 2.05) is 47.5 Å². The summed E-state index contributed by atoms with van der Waals surface area (Å²) in [4.78, 5) is 16.9. The summed E-state index contributed by atoms with van der Waals surface area (Å²) in [5.74, 6) is 1.44. The Morgan fingerprint density at radius 2 is 2.07 bits per heavy atom. The highest BCUT2D eigenvalue weighted by molar-refractivity contribution is 7.99. The number of ether oxygens (including phenoxy) is 2. The van der Waals surface area contributed by atoms with Crippen molar-refractivity contribution >= 4 is 34.7 Å². The number of anilines is 1. The van der Waals surface area contributed by atoms with Crippen LogP contribution in [0.5, 0.6) is 5.75 Å². The molecule has 2 heterocycles. The van der Waals surface area contributed by atoms with Crippen LogP contribution in [0.1, 0.15) is 34.5 Å². The van der Waals surface area contributed by atoms with Gasteiger partial charge in [0.2, 0.25) is 0 Å². The number of carbonyl (C=O) groups is 1. The second-order valence-electron chi connectivity index (χ2n) is 7.07. The van der Waals surface area contributed by atoms with E-state index in [0.29, 0.717) is 23.2 Å². The normalized spacial score (nSPS) is 14.4. The molecule has 0 bridgehead atoms. The first-order chi connectivity index (χ1) is 14.8. The van der Waals surface area contributed by atoms with Gasteiger partial charge in [-0.15, -0.1) is 11.3 Å². The first kappa shape index (κ1) is 20.9. The minimum Gasteiger partial charge on any atom is -0.487 e. The number of carbonyl (C=O) groups excluding carboxylic acids is 1. The molecule has 4 rings (SSSR count). The largest absolute Gasteiger partial charge is 0.487 e. The van der Waals surface area contributed by atoms with Crippen LogP contribution in [0.25, 0.3) is 0 Å². The van der Waals surface area contributed by atoms with E-state index in [9.17, 15) is 4.79 Å². The first-order valence-corrected chi connectivity index (χ1v) is 11.9. The van der Waals surface area contributed by atoms with Crippen molar-refractivity contribution in [3.8, 4) is 5.75 Å². The van der Waals surface area contributed by atoms with E-state index in [-0.39, 0.29) is 5.91 Å². The lowest BCUT2D eigenvalue weighted by molar-refractivity contribution is 0.1000. The quantitative estimate of drug-likeness (QED) is 0.509. The number of nitrogens with zero attached hydrogens (tertiary/aromatic N) is 1. The van der Waals surface area contributed by atoms with Crippen LogP contribution in [0, 0.1) is 0 Å². The molecule has 0 saturated carbocycles. The predicted octanol–water partition coefficient (Wildman–Crippen LogP) is 5.39. The number of aromatic nitrogens is 1. The third-order valence-corrected chi connectivity index (χ3v) is 6.88. The summed E-state index contributed by atoms with van der Waals surface area (Å²) >= 11 is 3.50. The van der Waals surface area contributed by atoms with Crippen LogP contribution in [-0.4, -0.2) is 29.4 Å². The number of rotatable bonds is 8. The molecule has 1 fully saturated rings. The summed E-state index contributed by atoms with van der Waals surface area (Å²) in [7, 11) is 0. The second kappa shape index (κ2) is 10.6. The van der Waals surface area contributed by atoms with Crippen molar-refractivity contribution in [2.75, 3.05) is 18.5 Å². The topological polar surface area (TPSA) is 60.5 Å². The van der Waals surface area contributed by atoms with Crippen molar-refractivity contribution in [1.82, 2.24) is 4.98 Å². The summed E-state index contributed by atoms with van der Waals surface area (Å²) < 4.78 is 11.2. The number of hydrogen-bond donors (Lipinski definition) is 1. The van der Waals surface area contributed by atoms with Crippen LogP contribution in [-0.2, 0) is 17.1 Å². The van der Waals surface area contributed by atoms with Gasteiger partial charge in [-0.1, -0.05) is 18.2 Å². The molecule has 0 atom stereocenters. The van der Waals surface area contributed by atoms with Crippen LogP contribution in [0.4, 0.5) is 5.69 Å². The number of thioether (sulfide) groups is 1. The lowest BCUT2D eigenvalue weighted by Gasteiger charge is -2.21. The van der Waals surface area contributed by atoms with Crippen molar-refractivity contribution in [1.29, 1.82) is 0 Å². The molecule has 0 aliphatic carbocycles. The average molecular weight is 441 g/mol. The molecule has 156 valence electrons. The molecule has 1 aromatic heterocycles. The summed E-state index contributed by atoms with van der Waals surface area (Å²) in [6.07, 6.45) is 2.23.